The minimum Gasteiger partial charge on any atom is -0.365 e. The van der Waals surface area contributed by atoms with Crippen LogP contribution < -0.4 is 10.6 Å². The summed E-state index contributed by atoms with van der Waals surface area (Å²) in [4.78, 5) is 20.4. The van der Waals surface area contributed by atoms with Crippen LogP contribution in [0.4, 0.5) is 5.82 Å². The van der Waals surface area contributed by atoms with Gasteiger partial charge in [0.05, 0.1) is 0 Å². The smallest absolute Gasteiger partial charge is 0.270 e. The van der Waals surface area contributed by atoms with Gasteiger partial charge in [0.15, 0.2) is 0 Å². The first-order chi connectivity index (χ1) is 7.87. The van der Waals surface area contributed by atoms with Gasteiger partial charge in [0, 0.05) is 17.6 Å². The van der Waals surface area contributed by atoms with Crippen molar-refractivity contribution in [2.45, 2.75) is 39.7 Å². The fourth-order valence-electron chi connectivity index (χ4n) is 1.86. The van der Waals surface area contributed by atoms with Crippen LogP contribution in [0.15, 0.2) is 0 Å². The summed E-state index contributed by atoms with van der Waals surface area (Å²) < 4.78 is 0. The minimum atomic E-state index is -0.103. The fourth-order valence-corrected chi connectivity index (χ4v) is 1.86. The molecule has 0 bridgehead atoms. The highest BCUT2D eigenvalue weighted by molar-refractivity contribution is 5.96. The van der Waals surface area contributed by atoms with E-state index in [-0.39, 0.29) is 11.4 Å². The number of nitrogens with zero attached hydrogens (tertiary/aromatic N) is 2. The lowest BCUT2D eigenvalue weighted by Gasteiger charge is -2.25. The van der Waals surface area contributed by atoms with Crippen LogP contribution in [-0.2, 0) is 6.42 Å². The van der Waals surface area contributed by atoms with Crippen LogP contribution in [0.25, 0.3) is 0 Å². The van der Waals surface area contributed by atoms with Crippen LogP contribution in [0.5, 0.6) is 0 Å². The summed E-state index contributed by atoms with van der Waals surface area (Å²) in [7, 11) is 0. The third-order valence-corrected chi connectivity index (χ3v) is 2.49. The second-order valence-electron chi connectivity index (χ2n) is 5.33. The Kier molecular flexibility index (Phi) is 2.77. The number of hydrogen-bond donors (Lipinski definition) is 2. The molecule has 2 rings (SSSR count). The van der Waals surface area contributed by atoms with Crippen molar-refractivity contribution in [2.24, 2.45) is 0 Å². The zero-order chi connectivity index (χ0) is 12.6. The van der Waals surface area contributed by atoms with Crippen molar-refractivity contribution in [3.05, 3.63) is 17.1 Å². The van der Waals surface area contributed by atoms with Gasteiger partial charge in [-0.2, -0.15) is 0 Å². The number of carbonyl (C=O) groups excluding carboxylic acids is 1. The van der Waals surface area contributed by atoms with Gasteiger partial charge in [0.25, 0.3) is 5.91 Å². The second kappa shape index (κ2) is 3.98. The number of nitrogens with one attached hydrogen (secondary N) is 2. The van der Waals surface area contributed by atoms with Crippen molar-refractivity contribution in [2.75, 3.05) is 11.9 Å². The Morgan fingerprint density at radius 3 is 2.65 bits per heavy atom. The molecular weight excluding hydrogens is 216 g/mol. The van der Waals surface area contributed by atoms with E-state index in [1.54, 1.807) is 6.92 Å². The lowest BCUT2D eigenvalue weighted by Crippen LogP contribution is -2.35. The third-order valence-electron chi connectivity index (χ3n) is 2.49. The van der Waals surface area contributed by atoms with Crippen molar-refractivity contribution >= 4 is 11.7 Å². The van der Waals surface area contributed by atoms with Gasteiger partial charge in [-0.3, -0.25) is 4.79 Å². The first kappa shape index (κ1) is 11.8. The number of carbonyl (C=O) groups is 1. The zero-order valence-electron chi connectivity index (χ0n) is 10.7. The Balaban J connectivity index is 2.48. The van der Waals surface area contributed by atoms with Crippen molar-refractivity contribution < 1.29 is 4.79 Å². The predicted octanol–water partition coefficient (Wildman–Crippen LogP) is 1.28. The van der Waals surface area contributed by atoms with Crippen LogP contribution in [0.2, 0.25) is 0 Å². The largest absolute Gasteiger partial charge is 0.365 e. The molecule has 0 atom stereocenters. The highest BCUT2D eigenvalue weighted by Gasteiger charge is 2.24. The maximum absolute atomic E-state index is 11.7. The summed E-state index contributed by atoms with van der Waals surface area (Å²) in [6, 6.07) is 0. The van der Waals surface area contributed by atoms with Crippen molar-refractivity contribution in [1.29, 1.82) is 0 Å². The van der Waals surface area contributed by atoms with E-state index in [2.05, 4.69) is 41.4 Å². The molecule has 0 fully saturated rings. The Morgan fingerprint density at radius 2 is 2.00 bits per heavy atom. The van der Waals surface area contributed by atoms with Gasteiger partial charge >= 0.3 is 0 Å². The normalized spacial score (nSPS) is 15.2. The molecule has 1 aliphatic rings. The van der Waals surface area contributed by atoms with Crippen LogP contribution in [0.1, 0.15) is 42.6 Å². The first-order valence-electron chi connectivity index (χ1n) is 5.81. The SMILES string of the molecule is Cc1nc(NC(C)(C)C)c2c(n1)C(=O)NCC2. The van der Waals surface area contributed by atoms with E-state index in [0.717, 1.165) is 17.8 Å². The lowest BCUT2D eigenvalue weighted by atomic mass is 10.0. The Hall–Kier alpha value is -1.65. The summed E-state index contributed by atoms with van der Waals surface area (Å²) in [6.45, 7) is 8.66. The Bertz CT molecular complexity index is 462. The van der Waals surface area contributed by atoms with Crippen LogP contribution >= 0.6 is 0 Å². The summed E-state index contributed by atoms with van der Waals surface area (Å²) in [5.74, 6) is 1.30. The van der Waals surface area contributed by atoms with E-state index < -0.39 is 0 Å². The zero-order valence-corrected chi connectivity index (χ0v) is 10.7. The molecule has 0 saturated heterocycles. The molecule has 0 aromatic carbocycles. The van der Waals surface area contributed by atoms with E-state index >= 15 is 0 Å². The quantitative estimate of drug-likeness (QED) is 0.768. The van der Waals surface area contributed by atoms with Crippen molar-refractivity contribution in [3.8, 4) is 0 Å². The number of aryl methyl sites for hydroxylation is 1. The van der Waals surface area contributed by atoms with Gasteiger partial charge in [0.2, 0.25) is 0 Å². The molecule has 1 aromatic heterocycles. The molecule has 2 N–H and O–H groups in total. The van der Waals surface area contributed by atoms with Gasteiger partial charge in [-0.15, -0.1) is 0 Å². The molecular formula is C12H18N4O. The van der Waals surface area contributed by atoms with E-state index in [1.807, 2.05) is 0 Å². The summed E-state index contributed by atoms with van der Waals surface area (Å²) in [5, 5.41) is 6.14. The highest BCUT2D eigenvalue weighted by atomic mass is 16.1. The number of rotatable bonds is 1. The minimum absolute atomic E-state index is 0.0809. The maximum atomic E-state index is 11.7. The van der Waals surface area contributed by atoms with Crippen LogP contribution in [0, 0.1) is 6.92 Å². The predicted molar refractivity (Wildman–Crippen MR) is 66.2 cm³/mol. The fraction of sp³-hybridized carbons (Fsp3) is 0.583. The molecule has 92 valence electrons. The van der Waals surface area contributed by atoms with Gasteiger partial charge in [0.1, 0.15) is 17.3 Å². The topological polar surface area (TPSA) is 66.9 Å². The molecule has 5 heteroatoms. The molecule has 17 heavy (non-hydrogen) atoms. The summed E-state index contributed by atoms with van der Waals surface area (Å²) in [6.07, 6.45) is 0.778. The molecule has 1 aliphatic heterocycles. The molecule has 0 saturated carbocycles. The van der Waals surface area contributed by atoms with E-state index in [9.17, 15) is 4.79 Å². The average Bonchev–Trinajstić information content (AvgIpc) is 2.17. The van der Waals surface area contributed by atoms with Gasteiger partial charge < -0.3 is 10.6 Å². The molecule has 0 radical (unpaired) electrons. The van der Waals surface area contributed by atoms with E-state index in [4.69, 9.17) is 0 Å². The van der Waals surface area contributed by atoms with Gasteiger partial charge in [-0.1, -0.05) is 0 Å². The van der Waals surface area contributed by atoms with Crippen LogP contribution in [0.3, 0.4) is 0 Å². The summed E-state index contributed by atoms with van der Waals surface area (Å²) >= 11 is 0. The number of aromatic nitrogens is 2. The standard InChI is InChI=1S/C12H18N4O/c1-7-14-9-8(5-6-13-11(9)17)10(15-7)16-12(2,3)4/h5-6H2,1-4H3,(H,13,17)(H,14,15,16). The van der Waals surface area contributed by atoms with Gasteiger partial charge in [-0.05, 0) is 34.1 Å². The number of hydrogen-bond acceptors (Lipinski definition) is 4. The maximum Gasteiger partial charge on any atom is 0.270 e. The molecule has 1 amide bonds. The number of anilines is 1. The Morgan fingerprint density at radius 1 is 1.29 bits per heavy atom. The second-order valence-corrected chi connectivity index (χ2v) is 5.33. The van der Waals surface area contributed by atoms with Crippen molar-refractivity contribution in [1.82, 2.24) is 15.3 Å². The third kappa shape index (κ3) is 2.54. The Labute approximate surface area is 101 Å². The first-order valence-corrected chi connectivity index (χ1v) is 5.81. The average molecular weight is 234 g/mol. The van der Waals surface area contributed by atoms with Gasteiger partial charge in [-0.25, -0.2) is 9.97 Å². The molecule has 0 aliphatic carbocycles. The van der Waals surface area contributed by atoms with E-state index in [0.29, 0.717) is 18.1 Å². The molecule has 0 spiro atoms. The molecule has 2 heterocycles. The molecule has 0 unspecified atom stereocenters. The molecule has 1 aromatic rings. The lowest BCUT2D eigenvalue weighted by molar-refractivity contribution is 0.0940. The molecule has 5 nitrogen and oxygen atoms in total. The van der Waals surface area contributed by atoms with E-state index in [1.165, 1.54) is 0 Å². The monoisotopic (exact) mass is 234 g/mol. The van der Waals surface area contributed by atoms with Crippen molar-refractivity contribution in [3.63, 3.8) is 0 Å². The highest BCUT2D eigenvalue weighted by Crippen LogP contribution is 2.22. The summed E-state index contributed by atoms with van der Waals surface area (Å²) in [5.41, 5.74) is 1.35. The van der Waals surface area contributed by atoms with Crippen LogP contribution in [-0.4, -0.2) is 28.0 Å². The number of fused-ring (bicyclic) bond motifs is 1. The number of amides is 1.